The van der Waals surface area contributed by atoms with Crippen molar-refractivity contribution < 1.29 is 0 Å². The lowest BCUT2D eigenvalue weighted by Crippen LogP contribution is -2.52. The summed E-state index contributed by atoms with van der Waals surface area (Å²) in [5.41, 5.74) is 7.33. The molecule has 0 amide bonds. The van der Waals surface area contributed by atoms with Crippen molar-refractivity contribution in [2.45, 2.75) is 38.6 Å². The van der Waals surface area contributed by atoms with Gasteiger partial charge in [-0.05, 0) is 18.6 Å². The number of para-hydroxylation sites is 1. The zero-order chi connectivity index (χ0) is 14.2. The Morgan fingerprint density at radius 3 is 2.35 bits per heavy atom. The molecule has 20 heavy (non-hydrogen) atoms. The second-order valence-corrected chi connectivity index (χ2v) is 5.74. The summed E-state index contributed by atoms with van der Waals surface area (Å²) in [7, 11) is 0. The van der Waals surface area contributed by atoms with Crippen LogP contribution in [0.3, 0.4) is 0 Å². The van der Waals surface area contributed by atoms with Crippen molar-refractivity contribution in [2.24, 2.45) is 5.73 Å². The minimum atomic E-state index is 0.583. The summed E-state index contributed by atoms with van der Waals surface area (Å²) >= 11 is 0. The van der Waals surface area contributed by atoms with E-state index in [0.717, 1.165) is 32.7 Å². The SMILES string of the molecule is CCCCCC(CN)N1CCN(c2ccccc2)CC1. The van der Waals surface area contributed by atoms with Crippen LogP contribution in [0.1, 0.15) is 32.6 Å². The Bertz CT molecular complexity index is 358. The molecule has 0 spiro atoms. The van der Waals surface area contributed by atoms with Crippen LogP contribution in [0.25, 0.3) is 0 Å². The van der Waals surface area contributed by atoms with Crippen molar-refractivity contribution >= 4 is 5.69 Å². The lowest BCUT2D eigenvalue weighted by Gasteiger charge is -2.40. The fourth-order valence-electron chi connectivity index (χ4n) is 3.06. The number of anilines is 1. The minimum absolute atomic E-state index is 0.583. The molecule has 1 atom stereocenters. The second kappa shape index (κ2) is 8.28. The Morgan fingerprint density at radius 1 is 1.05 bits per heavy atom. The van der Waals surface area contributed by atoms with Gasteiger partial charge in [0.2, 0.25) is 0 Å². The lowest BCUT2D eigenvalue weighted by molar-refractivity contribution is 0.177. The summed E-state index contributed by atoms with van der Waals surface area (Å²) in [6.45, 7) is 7.58. The number of nitrogens with zero attached hydrogens (tertiary/aromatic N) is 2. The van der Waals surface area contributed by atoms with Crippen LogP contribution < -0.4 is 10.6 Å². The van der Waals surface area contributed by atoms with Gasteiger partial charge in [0, 0.05) is 44.5 Å². The zero-order valence-corrected chi connectivity index (χ0v) is 12.8. The van der Waals surface area contributed by atoms with E-state index >= 15 is 0 Å². The second-order valence-electron chi connectivity index (χ2n) is 5.74. The van der Waals surface area contributed by atoms with Crippen LogP contribution in [-0.2, 0) is 0 Å². The van der Waals surface area contributed by atoms with E-state index in [2.05, 4.69) is 47.1 Å². The van der Waals surface area contributed by atoms with Gasteiger partial charge < -0.3 is 10.6 Å². The molecule has 1 fully saturated rings. The molecular formula is C17H29N3. The maximum Gasteiger partial charge on any atom is 0.0367 e. The molecular weight excluding hydrogens is 246 g/mol. The van der Waals surface area contributed by atoms with Crippen LogP contribution in [0.2, 0.25) is 0 Å². The minimum Gasteiger partial charge on any atom is -0.369 e. The first kappa shape index (κ1) is 15.3. The number of rotatable bonds is 7. The van der Waals surface area contributed by atoms with E-state index in [1.54, 1.807) is 0 Å². The molecule has 1 aliphatic heterocycles. The van der Waals surface area contributed by atoms with E-state index < -0.39 is 0 Å². The van der Waals surface area contributed by atoms with Crippen LogP contribution in [0.15, 0.2) is 30.3 Å². The summed E-state index contributed by atoms with van der Waals surface area (Å²) in [6, 6.07) is 11.3. The average molecular weight is 275 g/mol. The molecule has 1 aliphatic rings. The van der Waals surface area contributed by atoms with Crippen molar-refractivity contribution in [3.63, 3.8) is 0 Å². The molecule has 1 aromatic rings. The predicted molar refractivity (Wildman–Crippen MR) is 87.2 cm³/mol. The average Bonchev–Trinajstić information content (AvgIpc) is 2.53. The Hall–Kier alpha value is -1.06. The highest BCUT2D eigenvalue weighted by molar-refractivity contribution is 5.46. The number of nitrogens with two attached hydrogens (primary N) is 1. The van der Waals surface area contributed by atoms with Crippen LogP contribution in [0.5, 0.6) is 0 Å². The maximum absolute atomic E-state index is 5.98. The number of benzene rings is 1. The van der Waals surface area contributed by atoms with Crippen LogP contribution in [-0.4, -0.2) is 43.7 Å². The van der Waals surface area contributed by atoms with Crippen LogP contribution in [0.4, 0.5) is 5.69 Å². The predicted octanol–water partition coefficient (Wildman–Crippen LogP) is 2.72. The largest absolute Gasteiger partial charge is 0.369 e. The highest BCUT2D eigenvalue weighted by Crippen LogP contribution is 2.18. The summed E-state index contributed by atoms with van der Waals surface area (Å²) < 4.78 is 0. The fourth-order valence-corrected chi connectivity index (χ4v) is 3.06. The first-order chi connectivity index (χ1) is 9.85. The highest BCUT2D eigenvalue weighted by Gasteiger charge is 2.22. The monoisotopic (exact) mass is 275 g/mol. The van der Waals surface area contributed by atoms with Gasteiger partial charge in [0.1, 0.15) is 0 Å². The molecule has 0 aromatic heterocycles. The van der Waals surface area contributed by atoms with E-state index in [0.29, 0.717) is 6.04 Å². The molecule has 1 unspecified atom stereocenters. The summed E-state index contributed by atoms with van der Waals surface area (Å²) in [4.78, 5) is 5.07. The topological polar surface area (TPSA) is 32.5 Å². The fraction of sp³-hybridized carbons (Fsp3) is 0.647. The normalized spacial score (nSPS) is 18.2. The van der Waals surface area contributed by atoms with Gasteiger partial charge in [-0.25, -0.2) is 0 Å². The molecule has 2 N–H and O–H groups in total. The quantitative estimate of drug-likeness (QED) is 0.777. The summed E-state index contributed by atoms with van der Waals surface area (Å²) in [5, 5.41) is 0. The molecule has 1 heterocycles. The smallest absolute Gasteiger partial charge is 0.0367 e. The van der Waals surface area contributed by atoms with Crippen LogP contribution in [0, 0.1) is 0 Å². The molecule has 3 heteroatoms. The third-order valence-corrected chi connectivity index (χ3v) is 4.36. The number of unbranched alkanes of at least 4 members (excludes halogenated alkanes) is 2. The Morgan fingerprint density at radius 2 is 1.75 bits per heavy atom. The van der Waals surface area contributed by atoms with Crippen molar-refractivity contribution in [1.29, 1.82) is 0 Å². The molecule has 2 rings (SSSR count). The Kier molecular flexibility index (Phi) is 6.34. The molecule has 0 bridgehead atoms. The third kappa shape index (κ3) is 4.22. The third-order valence-electron chi connectivity index (χ3n) is 4.36. The molecule has 0 saturated carbocycles. The molecule has 1 saturated heterocycles. The van der Waals surface area contributed by atoms with Crippen molar-refractivity contribution in [3.05, 3.63) is 30.3 Å². The van der Waals surface area contributed by atoms with E-state index in [1.165, 1.54) is 31.4 Å². The first-order valence-electron chi connectivity index (χ1n) is 8.09. The molecule has 0 aliphatic carbocycles. The van der Waals surface area contributed by atoms with Gasteiger partial charge in [0.15, 0.2) is 0 Å². The number of hydrogen-bond acceptors (Lipinski definition) is 3. The van der Waals surface area contributed by atoms with Gasteiger partial charge >= 0.3 is 0 Å². The zero-order valence-electron chi connectivity index (χ0n) is 12.8. The van der Waals surface area contributed by atoms with E-state index in [1.807, 2.05) is 0 Å². The van der Waals surface area contributed by atoms with Gasteiger partial charge in [0.25, 0.3) is 0 Å². The Labute approximate surface area is 123 Å². The molecule has 1 aromatic carbocycles. The van der Waals surface area contributed by atoms with Gasteiger partial charge in [-0.2, -0.15) is 0 Å². The van der Waals surface area contributed by atoms with Gasteiger partial charge in [-0.1, -0.05) is 44.4 Å². The van der Waals surface area contributed by atoms with E-state index in [4.69, 9.17) is 5.73 Å². The van der Waals surface area contributed by atoms with Crippen molar-refractivity contribution in [3.8, 4) is 0 Å². The summed E-state index contributed by atoms with van der Waals surface area (Å²) in [5.74, 6) is 0. The molecule has 112 valence electrons. The molecule has 0 radical (unpaired) electrons. The molecule has 3 nitrogen and oxygen atoms in total. The van der Waals surface area contributed by atoms with Gasteiger partial charge in [-0.15, -0.1) is 0 Å². The highest BCUT2D eigenvalue weighted by atomic mass is 15.3. The lowest BCUT2D eigenvalue weighted by atomic mass is 10.1. The van der Waals surface area contributed by atoms with Crippen molar-refractivity contribution in [2.75, 3.05) is 37.6 Å². The number of hydrogen-bond donors (Lipinski definition) is 1. The van der Waals surface area contributed by atoms with Crippen LogP contribution >= 0.6 is 0 Å². The van der Waals surface area contributed by atoms with E-state index in [-0.39, 0.29) is 0 Å². The standard InChI is InChI=1S/C17H29N3/c1-2-3-5-10-17(15-18)20-13-11-19(12-14-20)16-8-6-4-7-9-16/h4,6-9,17H,2-3,5,10-15,18H2,1H3. The maximum atomic E-state index is 5.98. The van der Waals surface area contributed by atoms with Gasteiger partial charge in [0.05, 0.1) is 0 Å². The van der Waals surface area contributed by atoms with E-state index in [9.17, 15) is 0 Å². The van der Waals surface area contributed by atoms with Crippen molar-refractivity contribution in [1.82, 2.24) is 4.90 Å². The Balaban J connectivity index is 1.80. The summed E-state index contributed by atoms with van der Waals surface area (Å²) in [6.07, 6.45) is 5.20. The first-order valence-corrected chi connectivity index (χ1v) is 8.09. The number of piperazine rings is 1. The van der Waals surface area contributed by atoms with Gasteiger partial charge in [-0.3, -0.25) is 4.90 Å².